The lowest BCUT2D eigenvalue weighted by molar-refractivity contribution is 0.0944. The van der Waals surface area contributed by atoms with Crippen molar-refractivity contribution in [2.45, 2.75) is 32.9 Å². The summed E-state index contributed by atoms with van der Waals surface area (Å²) in [6.45, 7) is 5.97. The summed E-state index contributed by atoms with van der Waals surface area (Å²) in [5.74, 6) is 0. The Morgan fingerprint density at radius 2 is 2.25 bits per heavy atom. The molecule has 1 heterocycles. The molecule has 0 aliphatic rings. The fourth-order valence-corrected chi connectivity index (χ4v) is 1.59. The lowest BCUT2D eigenvalue weighted by atomic mass is 10.3. The minimum atomic E-state index is -0.659. The molecule has 0 radical (unpaired) electrons. The van der Waals surface area contributed by atoms with Gasteiger partial charge in [-0.3, -0.25) is 4.68 Å². The predicted octanol–water partition coefficient (Wildman–Crippen LogP) is -0.167. The highest BCUT2D eigenvalue weighted by molar-refractivity contribution is 5.06. The monoisotopic (exact) mass is 227 g/mol. The van der Waals surface area contributed by atoms with Gasteiger partial charge in [-0.25, -0.2) is 0 Å². The van der Waals surface area contributed by atoms with Crippen LogP contribution in [0.2, 0.25) is 0 Å². The molecule has 16 heavy (non-hydrogen) atoms. The maximum Gasteiger partial charge on any atom is 0.0894 e. The van der Waals surface area contributed by atoms with Crippen molar-refractivity contribution in [2.24, 2.45) is 0 Å². The number of hydrogen-bond acceptors (Lipinski definition) is 4. The standard InChI is InChI=1S/C11H21N3O2/c1-9-6-10(2)14(13-9)5-3-4-12-7-11(16)8-15/h6,11-12,15-16H,3-5,7-8H2,1-2H3. The Morgan fingerprint density at radius 3 is 2.81 bits per heavy atom. The Bertz CT molecular complexity index is 312. The number of aliphatic hydroxyl groups excluding tert-OH is 2. The third-order valence-corrected chi connectivity index (χ3v) is 2.42. The van der Waals surface area contributed by atoms with Crippen LogP contribution in [0.3, 0.4) is 0 Å². The van der Waals surface area contributed by atoms with E-state index in [1.54, 1.807) is 0 Å². The number of hydrogen-bond donors (Lipinski definition) is 3. The molecule has 0 saturated heterocycles. The Kier molecular flexibility index (Phi) is 5.45. The SMILES string of the molecule is Cc1cc(C)n(CCCNCC(O)CO)n1. The molecular formula is C11H21N3O2. The molecule has 0 aliphatic heterocycles. The molecule has 0 saturated carbocycles. The van der Waals surface area contributed by atoms with Crippen LogP contribution in [0.4, 0.5) is 0 Å². The second-order valence-corrected chi connectivity index (χ2v) is 4.04. The van der Waals surface area contributed by atoms with E-state index in [1.807, 2.05) is 18.5 Å². The maximum atomic E-state index is 9.09. The molecule has 1 aromatic heterocycles. The summed E-state index contributed by atoms with van der Waals surface area (Å²) in [5, 5.41) is 25.1. The topological polar surface area (TPSA) is 70.3 Å². The van der Waals surface area contributed by atoms with Gasteiger partial charge in [-0.15, -0.1) is 0 Å². The van der Waals surface area contributed by atoms with Gasteiger partial charge >= 0.3 is 0 Å². The molecule has 0 spiro atoms. The van der Waals surface area contributed by atoms with Crippen LogP contribution in [0, 0.1) is 13.8 Å². The molecule has 0 amide bonds. The summed E-state index contributed by atoms with van der Waals surface area (Å²) in [4.78, 5) is 0. The normalized spacial score (nSPS) is 13.0. The van der Waals surface area contributed by atoms with Crippen molar-refractivity contribution in [3.05, 3.63) is 17.5 Å². The highest BCUT2D eigenvalue weighted by Crippen LogP contribution is 2.02. The van der Waals surface area contributed by atoms with Crippen LogP contribution < -0.4 is 5.32 Å². The molecule has 1 rings (SSSR count). The first kappa shape index (κ1) is 13.2. The molecule has 0 aromatic carbocycles. The first-order valence-electron chi connectivity index (χ1n) is 5.64. The van der Waals surface area contributed by atoms with Crippen molar-refractivity contribution in [3.63, 3.8) is 0 Å². The van der Waals surface area contributed by atoms with Crippen LogP contribution in [0.1, 0.15) is 17.8 Å². The van der Waals surface area contributed by atoms with Crippen molar-refractivity contribution in [1.29, 1.82) is 0 Å². The van der Waals surface area contributed by atoms with Gasteiger partial charge < -0.3 is 15.5 Å². The van der Waals surface area contributed by atoms with E-state index in [0.717, 1.165) is 25.2 Å². The fourth-order valence-electron chi connectivity index (χ4n) is 1.59. The zero-order valence-corrected chi connectivity index (χ0v) is 9.98. The molecule has 0 bridgehead atoms. The van der Waals surface area contributed by atoms with Gasteiger partial charge in [0.1, 0.15) is 0 Å². The van der Waals surface area contributed by atoms with Gasteiger partial charge in [0.25, 0.3) is 0 Å². The highest BCUT2D eigenvalue weighted by atomic mass is 16.3. The van der Waals surface area contributed by atoms with Crippen molar-refractivity contribution >= 4 is 0 Å². The van der Waals surface area contributed by atoms with Crippen molar-refractivity contribution < 1.29 is 10.2 Å². The molecule has 1 atom stereocenters. The summed E-state index contributed by atoms with van der Waals surface area (Å²) in [7, 11) is 0. The zero-order valence-electron chi connectivity index (χ0n) is 9.98. The number of aliphatic hydroxyl groups is 2. The van der Waals surface area contributed by atoms with Gasteiger partial charge in [-0.2, -0.15) is 5.10 Å². The third-order valence-electron chi connectivity index (χ3n) is 2.42. The molecule has 1 aromatic rings. The van der Waals surface area contributed by atoms with Gasteiger partial charge in [-0.1, -0.05) is 0 Å². The van der Waals surface area contributed by atoms with Crippen LogP contribution in [0.15, 0.2) is 6.07 Å². The number of aryl methyl sites for hydroxylation is 3. The van der Waals surface area contributed by atoms with Gasteiger partial charge in [-0.05, 0) is 32.9 Å². The highest BCUT2D eigenvalue weighted by Gasteiger charge is 2.01. The average Bonchev–Trinajstić information content (AvgIpc) is 2.56. The summed E-state index contributed by atoms with van der Waals surface area (Å²) in [6.07, 6.45) is 0.300. The minimum absolute atomic E-state index is 0.190. The zero-order chi connectivity index (χ0) is 12.0. The van der Waals surface area contributed by atoms with E-state index in [0.29, 0.717) is 6.54 Å². The Balaban J connectivity index is 2.14. The third kappa shape index (κ3) is 4.30. The van der Waals surface area contributed by atoms with Gasteiger partial charge in [0.15, 0.2) is 0 Å². The second kappa shape index (κ2) is 6.62. The van der Waals surface area contributed by atoms with Crippen LogP contribution in [0.5, 0.6) is 0 Å². The number of rotatable bonds is 7. The van der Waals surface area contributed by atoms with E-state index >= 15 is 0 Å². The van der Waals surface area contributed by atoms with Crippen molar-refractivity contribution in [2.75, 3.05) is 19.7 Å². The molecule has 3 N–H and O–H groups in total. The lowest BCUT2D eigenvalue weighted by Crippen LogP contribution is -2.30. The van der Waals surface area contributed by atoms with E-state index in [1.165, 1.54) is 5.69 Å². The van der Waals surface area contributed by atoms with Crippen LogP contribution in [0.25, 0.3) is 0 Å². The smallest absolute Gasteiger partial charge is 0.0894 e. The Labute approximate surface area is 96.1 Å². The molecule has 5 heteroatoms. The molecule has 0 fully saturated rings. The maximum absolute atomic E-state index is 9.09. The van der Waals surface area contributed by atoms with E-state index in [2.05, 4.69) is 16.5 Å². The van der Waals surface area contributed by atoms with E-state index < -0.39 is 6.10 Å². The summed E-state index contributed by atoms with van der Waals surface area (Å²) >= 11 is 0. The van der Waals surface area contributed by atoms with Gasteiger partial charge in [0, 0.05) is 18.8 Å². The second-order valence-electron chi connectivity index (χ2n) is 4.04. The van der Waals surface area contributed by atoms with Gasteiger partial charge in [0.2, 0.25) is 0 Å². The summed E-state index contributed by atoms with van der Waals surface area (Å²) < 4.78 is 1.99. The average molecular weight is 227 g/mol. The molecule has 0 aliphatic carbocycles. The fraction of sp³-hybridized carbons (Fsp3) is 0.727. The molecule has 1 unspecified atom stereocenters. The van der Waals surface area contributed by atoms with E-state index in [9.17, 15) is 0 Å². The van der Waals surface area contributed by atoms with E-state index in [-0.39, 0.29) is 6.61 Å². The number of nitrogens with one attached hydrogen (secondary N) is 1. The molecular weight excluding hydrogens is 206 g/mol. The quantitative estimate of drug-likeness (QED) is 0.566. The predicted molar refractivity (Wildman–Crippen MR) is 62.3 cm³/mol. The molecule has 5 nitrogen and oxygen atoms in total. The largest absolute Gasteiger partial charge is 0.394 e. The van der Waals surface area contributed by atoms with Crippen molar-refractivity contribution in [1.82, 2.24) is 15.1 Å². The summed E-state index contributed by atoms with van der Waals surface area (Å²) in [6, 6.07) is 2.06. The molecule has 92 valence electrons. The number of aromatic nitrogens is 2. The Hall–Kier alpha value is -0.910. The minimum Gasteiger partial charge on any atom is -0.394 e. The first-order valence-corrected chi connectivity index (χ1v) is 5.64. The van der Waals surface area contributed by atoms with Gasteiger partial charge in [0.05, 0.1) is 18.4 Å². The van der Waals surface area contributed by atoms with Crippen LogP contribution in [-0.4, -0.2) is 45.8 Å². The summed E-state index contributed by atoms with van der Waals surface area (Å²) in [5.41, 5.74) is 2.22. The first-order chi connectivity index (χ1) is 7.63. The van der Waals surface area contributed by atoms with Crippen LogP contribution in [-0.2, 0) is 6.54 Å². The van der Waals surface area contributed by atoms with Crippen molar-refractivity contribution in [3.8, 4) is 0 Å². The lowest BCUT2D eigenvalue weighted by Gasteiger charge is -2.09. The Morgan fingerprint density at radius 1 is 1.50 bits per heavy atom. The number of nitrogens with zero attached hydrogens (tertiary/aromatic N) is 2. The van der Waals surface area contributed by atoms with E-state index in [4.69, 9.17) is 10.2 Å². The van der Waals surface area contributed by atoms with Crippen LogP contribution >= 0.6 is 0 Å².